The Morgan fingerprint density at radius 2 is 2.09 bits per heavy atom. The van der Waals surface area contributed by atoms with Crippen LogP contribution >= 0.6 is 11.6 Å². The van der Waals surface area contributed by atoms with Crippen LogP contribution in [0.15, 0.2) is 18.3 Å². The number of halogens is 1. The molecule has 3 rings (SSSR count). The van der Waals surface area contributed by atoms with Gasteiger partial charge in [-0.1, -0.05) is 11.6 Å². The van der Waals surface area contributed by atoms with Gasteiger partial charge in [0.2, 0.25) is 0 Å². The quantitative estimate of drug-likeness (QED) is 0.935. The summed E-state index contributed by atoms with van der Waals surface area (Å²) in [4.78, 5) is 14.6. The third-order valence-corrected chi connectivity index (χ3v) is 4.80. The van der Waals surface area contributed by atoms with Gasteiger partial charge in [0.15, 0.2) is 0 Å². The normalized spacial score (nSPS) is 21.0. The van der Waals surface area contributed by atoms with Crippen LogP contribution in [0, 0.1) is 13.8 Å². The highest BCUT2D eigenvalue weighted by atomic mass is 35.5. The largest absolute Gasteiger partial charge is 0.379 e. The van der Waals surface area contributed by atoms with Gasteiger partial charge in [-0.3, -0.25) is 4.79 Å². The molecule has 7 heteroatoms. The van der Waals surface area contributed by atoms with Crippen molar-refractivity contribution in [3.8, 4) is 0 Å². The summed E-state index contributed by atoms with van der Waals surface area (Å²) in [5.74, 6) is -0.0702. The molecular weight excluding hydrogens is 316 g/mol. The Hall–Kier alpha value is -1.92. The summed E-state index contributed by atoms with van der Waals surface area (Å²) < 4.78 is 5.53. The maximum absolute atomic E-state index is 12.9. The van der Waals surface area contributed by atoms with Crippen molar-refractivity contribution in [3.63, 3.8) is 0 Å². The third-order valence-electron chi connectivity index (χ3n) is 4.48. The number of nitrogens with one attached hydrogen (secondary N) is 1. The average Bonchev–Trinajstić information content (AvgIpc) is 3.18. The second kappa shape index (κ2) is 6.29. The predicted molar refractivity (Wildman–Crippen MR) is 86.8 cm³/mol. The molecule has 1 aliphatic heterocycles. The van der Waals surface area contributed by atoms with Gasteiger partial charge < -0.3 is 9.64 Å². The minimum atomic E-state index is -0.102. The number of aromatic amines is 1. The summed E-state index contributed by atoms with van der Waals surface area (Å²) in [5.41, 5.74) is 3.46. The summed E-state index contributed by atoms with van der Waals surface area (Å²) in [6.45, 7) is 5.00. The molecule has 122 valence electrons. The van der Waals surface area contributed by atoms with Gasteiger partial charge in [0, 0.05) is 20.2 Å². The number of benzene rings is 1. The van der Waals surface area contributed by atoms with E-state index >= 15 is 0 Å². The molecule has 23 heavy (non-hydrogen) atoms. The van der Waals surface area contributed by atoms with Gasteiger partial charge in [-0.2, -0.15) is 15.4 Å². The Balaban J connectivity index is 1.85. The number of ether oxygens (including phenoxy) is 1. The topological polar surface area (TPSA) is 71.1 Å². The number of rotatable bonds is 3. The smallest absolute Gasteiger partial charge is 0.255 e. The predicted octanol–water partition coefficient (Wildman–Crippen LogP) is 2.33. The number of carbonyl (C=O) groups is 1. The molecule has 0 aliphatic carbocycles. The van der Waals surface area contributed by atoms with E-state index in [-0.39, 0.29) is 17.9 Å². The molecule has 0 unspecified atom stereocenters. The molecule has 2 heterocycles. The van der Waals surface area contributed by atoms with Gasteiger partial charge in [-0.25, -0.2) is 0 Å². The summed E-state index contributed by atoms with van der Waals surface area (Å²) in [6.07, 6.45) is 1.57. The molecule has 1 aromatic carbocycles. The first kappa shape index (κ1) is 16.0. The average molecular weight is 335 g/mol. The number of methoxy groups -OCH3 is 1. The maximum Gasteiger partial charge on any atom is 0.255 e. The molecule has 6 nitrogen and oxygen atoms in total. The van der Waals surface area contributed by atoms with Crippen LogP contribution in [0.4, 0.5) is 0 Å². The van der Waals surface area contributed by atoms with E-state index in [1.165, 1.54) is 0 Å². The Kier molecular flexibility index (Phi) is 4.37. The Bertz CT molecular complexity index is 717. The van der Waals surface area contributed by atoms with Crippen molar-refractivity contribution in [1.29, 1.82) is 0 Å². The van der Waals surface area contributed by atoms with E-state index in [1.807, 2.05) is 26.0 Å². The highest BCUT2D eigenvalue weighted by Crippen LogP contribution is 2.30. The first-order valence-corrected chi connectivity index (χ1v) is 7.83. The van der Waals surface area contributed by atoms with E-state index in [0.717, 1.165) is 16.8 Å². The molecular formula is C16H19ClN4O2. The zero-order valence-electron chi connectivity index (χ0n) is 13.3. The van der Waals surface area contributed by atoms with Crippen molar-refractivity contribution in [2.75, 3.05) is 20.2 Å². The first-order valence-electron chi connectivity index (χ1n) is 7.45. The number of H-pyrrole nitrogens is 1. The molecule has 1 aromatic heterocycles. The first-order chi connectivity index (χ1) is 11.0. The zero-order valence-corrected chi connectivity index (χ0v) is 14.1. The van der Waals surface area contributed by atoms with Crippen molar-refractivity contribution < 1.29 is 9.53 Å². The van der Waals surface area contributed by atoms with Crippen molar-refractivity contribution >= 4 is 17.5 Å². The number of aryl methyl sites for hydroxylation is 2. The number of carbonyl (C=O) groups excluding carboxylic acids is 1. The molecule has 2 aromatic rings. The highest BCUT2D eigenvalue weighted by Gasteiger charge is 2.38. The lowest BCUT2D eigenvalue weighted by molar-refractivity contribution is 0.0714. The van der Waals surface area contributed by atoms with Crippen LogP contribution in [0.1, 0.15) is 33.1 Å². The lowest BCUT2D eigenvalue weighted by atomic mass is 10.0. The molecule has 0 radical (unpaired) electrons. The second-order valence-electron chi connectivity index (χ2n) is 5.90. The van der Waals surface area contributed by atoms with E-state index in [1.54, 1.807) is 18.2 Å². The third kappa shape index (κ3) is 2.96. The van der Waals surface area contributed by atoms with E-state index in [2.05, 4.69) is 15.4 Å². The Morgan fingerprint density at radius 3 is 2.74 bits per heavy atom. The Morgan fingerprint density at radius 1 is 1.35 bits per heavy atom. The molecule has 0 spiro atoms. The van der Waals surface area contributed by atoms with Crippen molar-refractivity contribution in [2.24, 2.45) is 0 Å². The number of nitrogens with zero attached hydrogens (tertiary/aromatic N) is 3. The number of likely N-dealkylation sites (tertiary alicyclic amines) is 1. The van der Waals surface area contributed by atoms with Crippen LogP contribution in [0.3, 0.4) is 0 Å². The van der Waals surface area contributed by atoms with Crippen LogP contribution in [0.5, 0.6) is 0 Å². The Labute approximate surface area is 139 Å². The monoisotopic (exact) mass is 334 g/mol. The molecule has 0 saturated carbocycles. The van der Waals surface area contributed by atoms with Gasteiger partial charge in [-0.05, 0) is 37.1 Å². The highest BCUT2D eigenvalue weighted by molar-refractivity contribution is 6.34. The van der Waals surface area contributed by atoms with Gasteiger partial charge in [0.25, 0.3) is 5.91 Å². The van der Waals surface area contributed by atoms with E-state index in [0.29, 0.717) is 23.7 Å². The zero-order chi connectivity index (χ0) is 16.6. The van der Waals surface area contributed by atoms with Crippen LogP contribution in [-0.2, 0) is 4.74 Å². The van der Waals surface area contributed by atoms with E-state index in [9.17, 15) is 4.79 Å². The summed E-state index contributed by atoms with van der Waals surface area (Å²) >= 11 is 6.27. The van der Waals surface area contributed by atoms with Crippen LogP contribution in [-0.4, -0.2) is 52.5 Å². The van der Waals surface area contributed by atoms with Crippen LogP contribution in [0.2, 0.25) is 5.02 Å². The lowest BCUT2D eigenvalue weighted by Gasteiger charge is -2.17. The summed E-state index contributed by atoms with van der Waals surface area (Å²) in [7, 11) is 1.65. The molecule has 1 fully saturated rings. The summed E-state index contributed by atoms with van der Waals surface area (Å²) in [6, 6.07) is 3.69. The van der Waals surface area contributed by atoms with Gasteiger partial charge in [-0.15, -0.1) is 0 Å². The second-order valence-corrected chi connectivity index (χ2v) is 6.31. The molecule has 1 amide bonds. The van der Waals surface area contributed by atoms with Crippen molar-refractivity contribution in [1.82, 2.24) is 20.3 Å². The maximum atomic E-state index is 12.9. The van der Waals surface area contributed by atoms with Crippen molar-refractivity contribution in [2.45, 2.75) is 25.9 Å². The van der Waals surface area contributed by atoms with Gasteiger partial charge >= 0.3 is 0 Å². The molecule has 1 saturated heterocycles. The number of hydrogen-bond donors (Lipinski definition) is 1. The van der Waals surface area contributed by atoms with Crippen LogP contribution < -0.4 is 0 Å². The minimum absolute atomic E-state index is 0.00743. The lowest BCUT2D eigenvalue weighted by Crippen LogP contribution is -2.30. The van der Waals surface area contributed by atoms with Gasteiger partial charge in [0.05, 0.1) is 34.5 Å². The molecule has 0 bridgehead atoms. The minimum Gasteiger partial charge on any atom is -0.379 e. The number of amides is 1. The molecule has 2 atom stereocenters. The molecule has 1 aliphatic rings. The van der Waals surface area contributed by atoms with E-state index < -0.39 is 0 Å². The molecule has 1 N–H and O–H groups in total. The number of aromatic nitrogens is 3. The van der Waals surface area contributed by atoms with Crippen molar-refractivity contribution in [3.05, 3.63) is 45.7 Å². The van der Waals surface area contributed by atoms with Gasteiger partial charge in [0.1, 0.15) is 0 Å². The summed E-state index contributed by atoms with van der Waals surface area (Å²) in [5, 5.41) is 11.1. The number of hydrogen-bond acceptors (Lipinski definition) is 4. The SMILES string of the molecule is CO[C@@H]1CN(C(=O)c2cc(C)c(C)cc2Cl)C[C@H]1c1cn[nH]n1. The standard InChI is InChI=1S/C16H19ClN4O2/c1-9-4-11(13(17)5-10(9)2)16(22)21-7-12(15(8-21)23-3)14-6-18-20-19-14/h4-6,12,15H,7-8H2,1-3H3,(H,18,19,20)/t12-,15+/m0/s1. The fourth-order valence-electron chi connectivity index (χ4n) is 2.97. The fourth-order valence-corrected chi connectivity index (χ4v) is 3.27. The van der Waals surface area contributed by atoms with E-state index in [4.69, 9.17) is 16.3 Å². The van der Waals surface area contributed by atoms with Crippen LogP contribution in [0.25, 0.3) is 0 Å². The fraction of sp³-hybridized carbons (Fsp3) is 0.438.